The number of rotatable bonds is 4. The summed E-state index contributed by atoms with van der Waals surface area (Å²) < 4.78 is 2.38. The number of hydrogen-bond donors (Lipinski definition) is 2. The molecule has 1 aliphatic rings. The van der Waals surface area contributed by atoms with E-state index in [-0.39, 0.29) is 12.6 Å². The summed E-state index contributed by atoms with van der Waals surface area (Å²) in [5, 5.41) is 7.57. The first-order valence-corrected chi connectivity index (χ1v) is 7.66. The van der Waals surface area contributed by atoms with E-state index in [0.29, 0.717) is 0 Å². The Kier molecular flexibility index (Phi) is 3.67. The van der Waals surface area contributed by atoms with Crippen LogP contribution in [0.2, 0.25) is 4.34 Å². The highest BCUT2D eigenvalue weighted by molar-refractivity contribution is 7.16. The van der Waals surface area contributed by atoms with Crippen LogP contribution in [0.25, 0.3) is 0 Å². The van der Waals surface area contributed by atoms with Crippen molar-refractivity contribution in [2.45, 2.75) is 31.8 Å². The molecule has 20 heavy (non-hydrogen) atoms. The number of anilines is 1. The van der Waals surface area contributed by atoms with Crippen molar-refractivity contribution in [1.29, 1.82) is 0 Å². The highest BCUT2D eigenvalue weighted by Gasteiger charge is 2.23. The molecule has 0 fully saturated rings. The van der Waals surface area contributed by atoms with Crippen LogP contribution >= 0.6 is 22.9 Å². The van der Waals surface area contributed by atoms with Gasteiger partial charge in [-0.1, -0.05) is 11.6 Å². The van der Waals surface area contributed by atoms with Gasteiger partial charge in [0.1, 0.15) is 6.54 Å². The van der Waals surface area contributed by atoms with Gasteiger partial charge >= 0.3 is 0 Å². The number of nitrogens with one attached hydrogen (secondary N) is 1. The molecule has 1 unspecified atom stereocenters. The fraction of sp³-hybridized carbons (Fsp3) is 0.385. The normalized spacial score (nSPS) is 17.8. The lowest BCUT2D eigenvalue weighted by molar-refractivity contribution is -0.118. The molecule has 0 saturated heterocycles. The maximum absolute atomic E-state index is 10.9. The van der Waals surface area contributed by atoms with Crippen LogP contribution in [0.5, 0.6) is 0 Å². The summed E-state index contributed by atoms with van der Waals surface area (Å²) in [4.78, 5) is 12.2. The van der Waals surface area contributed by atoms with Gasteiger partial charge in [-0.3, -0.25) is 9.48 Å². The summed E-state index contributed by atoms with van der Waals surface area (Å²) in [7, 11) is 0. The van der Waals surface area contributed by atoms with Crippen molar-refractivity contribution in [3.63, 3.8) is 0 Å². The number of thiophene rings is 1. The summed E-state index contributed by atoms with van der Waals surface area (Å²) in [6.45, 7) is 0.0991. The van der Waals surface area contributed by atoms with Gasteiger partial charge in [-0.05, 0) is 30.9 Å². The number of aryl methyl sites for hydroxylation is 1. The fourth-order valence-electron chi connectivity index (χ4n) is 2.56. The molecular formula is C13H15ClN4OS. The zero-order valence-corrected chi connectivity index (χ0v) is 12.4. The summed E-state index contributed by atoms with van der Waals surface area (Å²) in [6, 6.07) is 2.31. The summed E-state index contributed by atoms with van der Waals surface area (Å²) in [5.41, 5.74) is 7.33. The minimum absolute atomic E-state index is 0.0991. The van der Waals surface area contributed by atoms with Gasteiger partial charge in [0.15, 0.2) is 0 Å². The number of carbonyl (C=O) groups excluding carboxylic acids is 1. The van der Waals surface area contributed by atoms with Crippen molar-refractivity contribution < 1.29 is 4.79 Å². The number of fused-ring (bicyclic) bond motifs is 1. The first kappa shape index (κ1) is 13.5. The molecule has 1 amide bonds. The van der Waals surface area contributed by atoms with Crippen LogP contribution in [0, 0.1) is 0 Å². The summed E-state index contributed by atoms with van der Waals surface area (Å²) in [6.07, 6.45) is 6.84. The van der Waals surface area contributed by atoms with Crippen molar-refractivity contribution in [2.24, 2.45) is 5.73 Å². The molecule has 5 nitrogen and oxygen atoms in total. The Morgan fingerprint density at radius 3 is 3.30 bits per heavy atom. The number of carbonyl (C=O) groups is 1. The van der Waals surface area contributed by atoms with Gasteiger partial charge in [0.2, 0.25) is 5.91 Å². The molecule has 2 heterocycles. The van der Waals surface area contributed by atoms with Gasteiger partial charge in [0.25, 0.3) is 0 Å². The van der Waals surface area contributed by atoms with Gasteiger partial charge in [-0.25, -0.2) is 0 Å². The van der Waals surface area contributed by atoms with E-state index in [1.165, 1.54) is 15.1 Å². The number of nitrogens with zero attached hydrogens (tertiary/aromatic N) is 2. The molecule has 106 valence electrons. The predicted octanol–water partition coefficient (Wildman–Crippen LogP) is 2.57. The quantitative estimate of drug-likeness (QED) is 0.911. The Bertz CT molecular complexity index is 636. The average molecular weight is 311 g/mol. The molecular weight excluding hydrogens is 296 g/mol. The molecule has 0 aliphatic heterocycles. The summed E-state index contributed by atoms with van der Waals surface area (Å²) >= 11 is 7.77. The van der Waals surface area contributed by atoms with E-state index in [4.69, 9.17) is 17.3 Å². The van der Waals surface area contributed by atoms with E-state index < -0.39 is 5.91 Å². The topological polar surface area (TPSA) is 72.9 Å². The van der Waals surface area contributed by atoms with E-state index in [0.717, 1.165) is 29.3 Å². The predicted molar refractivity (Wildman–Crippen MR) is 80.1 cm³/mol. The molecule has 0 bridgehead atoms. The molecule has 0 spiro atoms. The van der Waals surface area contributed by atoms with Gasteiger partial charge in [0.05, 0.1) is 22.3 Å². The first-order valence-electron chi connectivity index (χ1n) is 6.47. The van der Waals surface area contributed by atoms with Crippen LogP contribution in [-0.4, -0.2) is 15.7 Å². The lowest BCUT2D eigenvalue weighted by atomic mass is 9.94. The SMILES string of the molecule is NC(=O)Cn1cc(NC2CCCc3sc(Cl)cc32)cn1. The maximum Gasteiger partial charge on any atom is 0.239 e. The molecule has 0 saturated carbocycles. The third kappa shape index (κ3) is 2.81. The van der Waals surface area contributed by atoms with Crippen LogP contribution in [0.4, 0.5) is 5.69 Å². The molecule has 1 aliphatic carbocycles. The van der Waals surface area contributed by atoms with Crippen molar-refractivity contribution >= 4 is 34.5 Å². The molecule has 0 aromatic carbocycles. The van der Waals surface area contributed by atoms with Gasteiger partial charge in [-0.2, -0.15) is 5.10 Å². The van der Waals surface area contributed by atoms with Crippen LogP contribution in [0.3, 0.4) is 0 Å². The number of amides is 1. The van der Waals surface area contributed by atoms with Gasteiger partial charge < -0.3 is 11.1 Å². The second kappa shape index (κ2) is 5.46. The van der Waals surface area contributed by atoms with Crippen LogP contribution in [-0.2, 0) is 17.8 Å². The van der Waals surface area contributed by atoms with Crippen molar-refractivity contribution in [3.05, 3.63) is 33.2 Å². The molecule has 1 atom stereocenters. The van der Waals surface area contributed by atoms with Crippen LogP contribution in [0.1, 0.15) is 29.3 Å². The van der Waals surface area contributed by atoms with Crippen LogP contribution < -0.4 is 11.1 Å². The molecule has 7 heteroatoms. The Balaban J connectivity index is 1.75. The Labute approximate surface area is 125 Å². The van der Waals surface area contributed by atoms with E-state index >= 15 is 0 Å². The Hall–Kier alpha value is -1.53. The number of hydrogen-bond acceptors (Lipinski definition) is 4. The smallest absolute Gasteiger partial charge is 0.239 e. The zero-order valence-electron chi connectivity index (χ0n) is 10.8. The lowest BCUT2D eigenvalue weighted by Gasteiger charge is -2.23. The second-order valence-corrected chi connectivity index (χ2v) is 6.68. The molecule has 3 rings (SSSR count). The van der Waals surface area contributed by atoms with Gasteiger partial charge in [-0.15, -0.1) is 11.3 Å². The maximum atomic E-state index is 10.9. The number of halogens is 1. The van der Waals surface area contributed by atoms with E-state index in [1.807, 2.05) is 6.07 Å². The zero-order chi connectivity index (χ0) is 14.1. The van der Waals surface area contributed by atoms with E-state index in [9.17, 15) is 4.79 Å². The summed E-state index contributed by atoms with van der Waals surface area (Å²) in [5.74, 6) is -0.399. The van der Waals surface area contributed by atoms with E-state index in [2.05, 4.69) is 10.4 Å². The van der Waals surface area contributed by atoms with Crippen molar-refractivity contribution in [2.75, 3.05) is 5.32 Å². The molecule has 2 aromatic rings. The third-order valence-corrected chi connectivity index (χ3v) is 4.72. The minimum atomic E-state index is -0.399. The average Bonchev–Trinajstić information content (AvgIpc) is 2.95. The molecule has 2 aromatic heterocycles. The Morgan fingerprint density at radius 1 is 1.65 bits per heavy atom. The first-order chi connectivity index (χ1) is 9.61. The Morgan fingerprint density at radius 2 is 2.50 bits per heavy atom. The largest absolute Gasteiger partial charge is 0.376 e. The highest BCUT2D eigenvalue weighted by Crippen LogP contribution is 2.39. The van der Waals surface area contributed by atoms with E-state index in [1.54, 1.807) is 23.7 Å². The number of aromatic nitrogens is 2. The highest BCUT2D eigenvalue weighted by atomic mass is 35.5. The fourth-order valence-corrected chi connectivity index (χ4v) is 3.94. The second-order valence-electron chi connectivity index (χ2n) is 4.91. The standard InChI is InChI=1S/C13H15ClN4OS/c14-12-4-9-10(2-1-3-11(9)20-12)17-8-5-16-18(6-8)7-13(15)19/h4-6,10,17H,1-3,7H2,(H2,15,19). The number of primary amides is 1. The monoisotopic (exact) mass is 310 g/mol. The molecule has 3 N–H and O–H groups in total. The number of nitrogens with two attached hydrogens (primary N) is 1. The van der Waals surface area contributed by atoms with Gasteiger partial charge in [0, 0.05) is 11.1 Å². The molecule has 0 radical (unpaired) electrons. The minimum Gasteiger partial charge on any atom is -0.376 e. The third-order valence-electron chi connectivity index (χ3n) is 3.38. The lowest BCUT2D eigenvalue weighted by Crippen LogP contribution is -2.19. The van der Waals surface area contributed by atoms with Crippen molar-refractivity contribution in [3.8, 4) is 0 Å². The van der Waals surface area contributed by atoms with Crippen molar-refractivity contribution in [1.82, 2.24) is 9.78 Å². The van der Waals surface area contributed by atoms with Crippen LogP contribution in [0.15, 0.2) is 18.5 Å².